The van der Waals surface area contributed by atoms with Crippen LogP contribution in [0.3, 0.4) is 0 Å². The van der Waals surface area contributed by atoms with Gasteiger partial charge in [-0.05, 0) is 64.3 Å². The van der Waals surface area contributed by atoms with Crippen LogP contribution in [0.25, 0.3) is 0 Å². The van der Waals surface area contributed by atoms with Gasteiger partial charge in [0, 0.05) is 19.6 Å². The third-order valence-electron chi connectivity index (χ3n) is 5.23. The minimum Gasteiger partial charge on any atom is -0.444 e. The summed E-state index contributed by atoms with van der Waals surface area (Å²) in [5.74, 6) is 1.46. The molecule has 2 amide bonds. The number of likely N-dealkylation sites (N-methyl/N-ethyl adjacent to an activating group) is 1. The van der Waals surface area contributed by atoms with Gasteiger partial charge in [0.2, 0.25) is 5.91 Å². The van der Waals surface area contributed by atoms with E-state index in [2.05, 4.69) is 24.5 Å². The molecule has 2 N–H and O–H groups in total. The topological polar surface area (TPSA) is 70.7 Å². The van der Waals surface area contributed by atoms with Crippen molar-refractivity contribution in [2.24, 2.45) is 17.8 Å². The molecule has 25 heavy (non-hydrogen) atoms. The highest BCUT2D eigenvalue weighted by atomic mass is 16.6. The number of fused-ring (bicyclic) bond motifs is 1. The predicted molar refractivity (Wildman–Crippen MR) is 98.3 cm³/mol. The standard InChI is InChI=1S/C19H35N3O3/c1-12(2)9-16(22(6)18(24)25-19(3,4)5)17(23)21-15-8-7-13-10-20-11-14(13)15/h12-16,20H,7-11H2,1-6H3,(H,21,23)/t13-,14?,15-,16?/m0/s1. The van der Waals surface area contributed by atoms with Crippen LogP contribution in [0.15, 0.2) is 0 Å². The third-order valence-corrected chi connectivity index (χ3v) is 5.23. The van der Waals surface area contributed by atoms with Crippen LogP contribution in [0.5, 0.6) is 0 Å². The minimum atomic E-state index is -0.571. The first-order chi connectivity index (χ1) is 11.6. The number of carbonyl (C=O) groups is 2. The molecule has 1 aliphatic carbocycles. The van der Waals surface area contributed by atoms with Gasteiger partial charge in [-0.1, -0.05) is 13.8 Å². The summed E-state index contributed by atoms with van der Waals surface area (Å²) in [5, 5.41) is 6.65. The van der Waals surface area contributed by atoms with Gasteiger partial charge in [0.15, 0.2) is 0 Å². The number of nitrogens with zero attached hydrogens (tertiary/aromatic N) is 1. The monoisotopic (exact) mass is 353 g/mol. The van der Waals surface area contributed by atoms with Gasteiger partial charge < -0.3 is 15.4 Å². The maximum Gasteiger partial charge on any atom is 0.410 e. The lowest BCUT2D eigenvalue weighted by Crippen LogP contribution is -2.52. The second-order valence-electron chi connectivity index (χ2n) is 9.01. The molecule has 1 saturated heterocycles. The molecule has 0 aromatic rings. The molecule has 2 rings (SSSR count). The Morgan fingerprint density at radius 2 is 1.92 bits per heavy atom. The molecular formula is C19H35N3O3. The molecule has 2 aliphatic rings. The molecule has 1 aliphatic heterocycles. The van der Waals surface area contributed by atoms with Crippen molar-refractivity contribution in [1.82, 2.24) is 15.5 Å². The maximum atomic E-state index is 13.0. The number of nitrogens with one attached hydrogen (secondary N) is 2. The van der Waals surface area contributed by atoms with Crippen LogP contribution in [0.2, 0.25) is 0 Å². The van der Waals surface area contributed by atoms with Gasteiger partial charge in [0.05, 0.1) is 0 Å². The number of ether oxygens (including phenoxy) is 1. The van der Waals surface area contributed by atoms with Crippen molar-refractivity contribution < 1.29 is 14.3 Å². The predicted octanol–water partition coefficient (Wildman–Crippen LogP) is 2.38. The second-order valence-corrected chi connectivity index (χ2v) is 9.01. The Kier molecular flexibility index (Phi) is 6.35. The second kappa shape index (κ2) is 7.94. The third kappa shape index (κ3) is 5.33. The molecule has 4 atom stereocenters. The van der Waals surface area contributed by atoms with Crippen molar-refractivity contribution in [2.75, 3.05) is 20.1 Å². The van der Waals surface area contributed by atoms with E-state index in [4.69, 9.17) is 4.74 Å². The molecule has 1 heterocycles. The van der Waals surface area contributed by atoms with Crippen LogP contribution in [0.1, 0.15) is 53.9 Å². The van der Waals surface area contributed by atoms with Crippen LogP contribution < -0.4 is 10.6 Å². The maximum absolute atomic E-state index is 13.0. The SMILES string of the molecule is CC(C)CC(C(=O)N[C@H]1CC[C@H]2CNCC21)N(C)C(=O)OC(C)(C)C. The fraction of sp³-hybridized carbons (Fsp3) is 0.895. The molecule has 2 unspecified atom stereocenters. The first kappa shape index (κ1) is 20.0. The summed E-state index contributed by atoms with van der Waals surface area (Å²) in [5.41, 5.74) is -0.571. The summed E-state index contributed by atoms with van der Waals surface area (Å²) in [6.45, 7) is 11.7. The molecule has 0 spiro atoms. The van der Waals surface area contributed by atoms with E-state index in [1.165, 1.54) is 11.3 Å². The Morgan fingerprint density at radius 3 is 2.52 bits per heavy atom. The molecule has 0 aromatic carbocycles. The van der Waals surface area contributed by atoms with E-state index in [-0.39, 0.29) is 11.9 Å². The highest BCUT2D eigenvalue weighted by Gasteiger charge is 2.41. The molecule has 0 bridgehead atoms. The fourth-order valence-corrected chi connectivity index (χ4v) is 3.95. The number of rotatable bonds is 5. The van der Waals surface area contributed by atoms with Crippen molar-refractivity contribution in [2.45, 2.75) is 71.6 Å². The first-order valence-corrected chi connectivity index (χ1v) is 9.55. The average molecular weight is 354 g/mol. The molecule has 144 valence electrons. The fourth-order valence-electron chi connectivity index (χ4n) is 3.95. The summed E-state index contributed by atoms with van der Waals surface area (Å²) >= 11 is 0. The first-order valence-electron chi connectivity index (χ1n) is 9.55. The van der Waals surface area contributed by atoms with Crippen LogP contribution in [-0.2, 0) is 9.53 Å². The van der Waals surface area contributed by atoms with Gasteiger partial charge >= 0.3 is 6.09 Å². The normalized spacial score (nSPS) is 27.1. The summed E-state index contributed by atoms with van der Waals surface area (Å²) in [7, 11) is 1.66. The van der Waals surface area contributed by atoms with E-state index in [9.17, 15) is 9.59 Å². The summed E-state index contributed by atoms with van der Waals surface area (Å²) in [6, 6.07) is -0.280. The summed E-state index contributed by atoms with van der Waals surface area (Å²) in [6.07, 6.45) is 2.38. The quantitative estimate of drug-likeness (QED) is 0.796. The van der Waals surface area contributed by atoms with Crippen molar-refractivity contribution in [1.29, 1.82) is 0 Å². The van der Waals surface area contributed by atoms with E-state index in [1.54, 1.807) is 7.05 Å². The largest absolute Gasteiger partial charge is 0.444 e. The van der Waals surface area contributed by atoms with Crippen molar-refractivity contribution in [3.05, 3.63) is 0 Å². The van der Waals surface area contributed by atoms with Gasteiger partial charge in [-0.25, -0.2) is 4.79 Å². The molecule has 0 aromatic heterocycles. The van der Waals surface area contributed by atoms with Gasteiger partial charge in [-0.15, -0.1) is 0 Å². The zero-order valence-electron chi connectivity index (χ0n) is 16.6. The summed E-state index contributed by atoms with van der Waals surface area (Å²) < 4.78 is 5.45. The number of carbonyl (C=O) groups excluding carboxylic acids is 2. The average Bonchev–Trinajstić information content (AvgIpc) is 3.07. The lowest BCUT2D eigenvalue weighted by molar-refractivity contribution is -0.127. The van der Waals surface area contributed by atoms with Crippen LogP contribution in [-0.4, -0.2) is 54.7 Å². The Balaban J connectivity index is 2.02. The van der Waals surface area contributed by atoms with Gasteiger partial charge in [-0.3, -0.25) is 9.69 Å². The van der Waals surface area contributed by atoms with Crippen molar-refractivity contribution in [3.8, 4) is 0 Å². The Hall–Kier alpha value is -1.30. The van der Waals surface area contributed by atoms with Gasteiger partial charge in [0.25, 0.3) is 0 Å². The van der Waals surface area contributed by atoms with Crippen LogP contribution in [0, 0.1) is 17.8 Å². The molecule has 2 fully saturated rings. The summed E-state index contributed by atoms with van der Waals surface area (Å²) in [4.78, 5) is 26.8. The van der Waals surface area contributed by atoms with E-state index < -0.39 is 17.7 Å². The van der Waals surface area contributed by atoms with Gasteiger partial charge in [0.1, 0.15) is 11.6 Å². The molecular weight excluding hydrogens is 318 g/mol. The lowest BCUT2D eigenvalue weighted by Gasteiger charge is -2.32. The van der Waals surface area contributed by atoms with E-state index in [0.29, 0.717) is 24.2 Å². The van der Waals surface area contributed by atoms with E-state index in [1.807, 2.05) is 20.8 Å². The van der Waals surface area contributed by atoms with E-state index in [0.717, 1.165) is 19.5 Å². The zero-order valence-corrected chi connectivity index (χ0v) is 16.6. The van der Waals surface area contributed by atoms with E-state index >= 15 is 0 Å². The molecule has 0 radical (unpaired) electrons. The molecule has 6 nitrogen and oxygen atoms in total. The van der Waals surface area contributed by atoms with Gasteiger partial charge in [-0.2, -0.15) is 0 Å². The minimum absolute atomic E-state index is 0.0559. The van der Waals surface area contributed by atoms with Crippen molar-refractivity contribution in [3.63, 3.8) is 0 Å². The number of amides is 2. The lowest BCUT2D eigenvalue weighted by atomic mass is 9.96. The number of hydrogen-bond acceptors (Lipinski definition) is 4. The highest BCUT2D eigenvalue weighted by Crippen LogP contribution is 2.34. The van der Waals surface area contributed by atoms with Crippen molar-refractivity contribution >= 4 is 12.0 Å². The Morgan fingerprint density at radius 1 is 1.24 bits per heavy atom. The zero-order chi connectivity index (χ0) is 18.8. The smallest absolute Gasteiger partial charge is 0.410 e. The molecule has 1 saturated carbocycles. The Bertz CT molecular complexity index is 487. The number of hydrogen-bond donors (Lipinski definition) is 2. The van der Waals surface area contributed by atoms with Crippen LogP contribution >= 0.6 is 0 Å². The molecule has 6 heteroatoms. The highest BCUT2D eigenvalue weighted by molar-refractivity contribution is 5.86. The van der Waals surface area contributed by atoms with Crippen LogP contribution in [0.4, 0.5) is 4.79 Å². The Labute approximate surface area is 152 Å².